The molecule has 5 nitrogen and oxygen atoms in total. The van der Waals surface area contributed by atoms with E-state index in [-0.39, 0.29) is 5.91 Å². The molecule has 126 valence electrons. The van der Waals surface area contributed by atoms with Crippen LogP contribution in [0.4, 0.5) is 5.69 Å². The smallest absolute Gasteiger partial charge is 0.254 e. The number of aliphatic hydroxyl groups is 1. The lowest BCUT2D eigenvalue weighted by molar-refractivity contribution is -0.151. The molecular weight excluding hydrogens is 292 g/mol. The summed E-state index contributed by atoms with van der Waals surface area (Å²) in [4.78, 5) is 14.4. The number of methoxy groups -OCH3 is 1. The molecule has 2 N–H and O–H groups in total. The summed E-state index contributed by atoms with van der Waals surface area (Å²) >= 11 is 0. The number of benzene rings is 1. The fourth-order valence-electron chi connectivity index (χ4n) is 3.64. The van der Waals surface area contributed by atoms with Gasteiger partial charge in [0, 0.05) is 30.9 Å². The summed E-state index contributed by atoms with van der Waals surface area (Å²) in [6.45, 7) is 1.42. The number of carbonyl (C=O) groups excluding carboxylic acids is 1. The molecule has 0 atom stereocenters. The molecule has 2 fully saturated rings. The molecule has 1 aromatic rings. The maximum Gasteiger partial charge on any atom is 0.254 e. The van der Waals surface area contributed by atoms with Crippen LogP contribution in [0.3, 0.4) is 0 Å². The number of amides is 1. The highest BCUT2D eigenvalue weighted by atomic mass is 16.5. The van der Waals surface area contributed by atoms with Crippen LogP contribution in [0.5, 0.6) is 5.75 Å². The molecule has 0 radical (unpaired) electrons. The fourth-order valence-corrected chi connectivity index (χ4v) is 3.64. The maximum absolute atomic E-state index is 12.5. The van der Waals surface area contributed by atoms with Crippen molar-refractivity contribution in [2.45, 2.75) is 50.2 Å². The molecule has 1 saturated heterocycles. The van der Waals surface area contributed by atoms with E-state index in [0.717, 1.165) is 37.1 Å². The lowest BCUT2D eigenvalue weighted by atomic mass is 9.97. The number of nitrogens with zero attached hydrogens (tertiary/aromatic N) is 1. The van der Waals surface area contributed by atoms with Gasteiger partial charge < -0.3 is 20.1 Å². The van der Waals surface area contributed by atoms with Crippen molar-refractivity contribution in [2.24, 2.45) is 0 Å². The fraction of sp³-hybridized carbons (Fsp3) is 0.611. The second-order valence-electron chi connectivity index (χ2n) is 6.68. The number of rotatable bonds is 4. The molecule has 2 aliphatic rings. The van der Waals surface area contributed by atoms with E-state index in [4.69, 9.17) is 4.74 Å². The van der Waals surface area contributed by atoms with Crippen LogP contribution in [0, 0.1) is 0 Å². The second-order valence-corrected chi connectivity index (χ2v) is 6.68. The Bertz CT molecular complexity index is 547. The summed E-state index contributed by atoms with van der Waals surface area (Å²) in [6.07, 6.45) is 4.95. The lowest BCUT2D eigenvalue weighted by Crippen LogP contribution is -2.51. The van der Waals surface area contributed by atoms with Crippen molar-refractivity contribution in [3.63, 3.8) is 0 Å². The number of piperidine rings is 1. The van der Waals surface area contributed by atoms with Crippen molar-refractivity contribution in [3.05, 3.63) is 24.3 Å². The van der Waals surface area contributed by atoms with Crippen LogP contribution in [0.1, 0.15) is 38.5 Å². The number of carbonyl (C=O) groups is 1. The highest BCUT2D eigenvalue weighted by molar-refractivity contribution is 5.85. The van der Waals surface area contributed by atoms with Crippen LogP contribution in [-0.4, -0.2) is 47.8 Å². The molecule has 0 aromatic heterocycles. The number of hydrogen-bond donors (Lipinski definition) is 2. The molecule has 1 aromatic carbocycles. The van der Waals surface area contributed by atoms with Gasteiger partial charge >= 0.3 is 0 Å². The summed E-state index contributed by atoms with van der Waals surface area (Å²) in [5.41, 5.74) is -0.0453. The van der Waals surface area contributed by atoms with E-state index in [1.54, 1.807) is 7.11 Å². The molecule has 5 heteroatoms. The minimum Gasteiger partial charge on any atom is -0.497 e. The largest absolute Gasteiger partial charge is 0.497 e. The van der Waals surface area contributed by atoms with Gasteiger partial charge in [-0.1, -0.05) is 6.07 Å². The normalized spacial score (nSPS) is 21.2. The van der Waals surface area contributed by atoms with Crippen LogP contribution in [0.25, 0.3) is 0 Å². The third kappa shape index (κ3) is 3.61. The van der Waals surface area contributed by atoms with E-state index in [1.165, 1.54) is 0 Å². The first kappa shape index (κ1) is 16.1. The van der Waals surface area contributed by atoms with Gasteiger partial charge in [0.05, 0.1) is 7.11 Å². The molecule has 3 rings (SSSR count). The minimum atomic E-state index is -1.09. The zero-order valence-corrected chi connectivity index (χ0v) is 13.8. The summed E-state index contributed by atoms with van der Waals surface area (Å²) in [6, 6.07) is 8.26. The highest BCUT2D eigenvalue weighted by Gasteiger charge is 2.42. The molecule has 23 heavy (non-hydrogen) atoms. The first-order valence-corrected chi connectivity index (χ1v) is 8.53. The van der Waals surface area contributed by atoms with Gasteiger partial charge in [0.2, 0.25) is 0 Å². The maximum atomic E-state index is 12.5. The van der Waals surface area contributed by atoms with E-state index in [0.29, 0.717) is 32.0 Å². The second kappa shape index (κ2) is 6.79. The van der Waals surface area contributed by atoms with Gasteiger partial charge in [0.1, 0.15) is 11.4 Å². The molecule has 0 spiro atoms. The minimum absolute atomic E-state index is 0.0603. The summed E-state index contributed by atoms with van der Waals surface area (Å²) in [5, 5.41) is 14.0. The third-order valence-electron chi connectivity index (χ3n) is 5.05. The van der Waals surface area contributed by atoms with Crippen molar-refractivity contribution in [2.75, 3.05) is 25.5 Å². The first-order valence-electron chi connectivity index (χ1n) is 8.53. The van der Waals surface area contributed by atoms with Gasteiger partial charge in [0.15, 0.2) is 0 Å². The zero-order chi connectivity index (χ0) is 16.3. The molecule has 1 amide bonds. The number of nitrogens with one attached hydrogen (secondary N) is 1. The number of likely N-dealkylation sites (tertiary alicyclic amines) is 1. The first-order chi connectivity index (χ1) is 11.1. The summed E-state index contributed by atoms with van der Waals surface area (Å²) in [5.74, 6) is 0.779. The number of hydrogen-bond acceptors (Lipinski definition) is 4. The van der Waals surface area contributed by atoms with Gasteiger partial charge in [-0.05, 0) is 50.7 Å². The van der Waals surface area contributed by atoms with Gasteiger partial charge in [-0.2, -0.15) is 0 Å². The topological polar surface area (TPSA) is 61.8 Å². The molecule has 1 aliphatic heterocycles. The van der Waals surface area contributed by atoms with Crippen LogP contribution in [-0.2, 0) is 4.79 Å². The SMILES string of the molecule is COc1cccc(NC2CCN(C(=O)C3(O)CCCC3)CC2)c1. The Kier molecular flexibility index (Phi) is 4.76. The highest BCUT2D eigenvalue weighted by Crippen LogP contribution is 2.32. The predicted octanol–water partition coefficient (Wildman–Crippen LogP) is 2.40. The summed E-state index contributed by atoms with van der Waals surface area (Å²) < 4.78 is 5.24. The lowest BCUT2D eigenvalue weighted by Gasteiger charge is -2.36. The van der Waals surface area contributed by atoms with Gasteiger partial charge in [0.25, 0.3) is 5.91 Å². The van der Waals surface area contributed by atoms with Crippen molar-refractivity contribution in [1.29, 1.82) is 0 Å². The van der Waals surface area contributed by atoms with E-state index in [1.807, 2.05) is 29.2 Å². The van der Waals surface area contributed by atoms with Gasteiger partial charge in [-0.25, -0.2) is 0 Å². The average Bonchev–Trinajstić information content (AvgIpc) is 3.03. The summed E-state index contributed by atoms with van der Waals surface area (Å²) in [7, 11) is 1.66. The van der Waals surface area contributed by atoms with E-state index >= 15 is 0 Å². The van der Waals surface area contributed by atoms with Crippen LogP contribution in [0.15, 0.2) is 24.3 Å². The van der Waals surface area contributed by atoms with Gasteiger partial charge in [-0.3, -0.25) is 4.79 Å². The number of ether oxygens (including phenoxy) is 1. The standard InChI is InChI=1S/C18H26N2O3/c1-23-16-6-4-5-15(13-16)19-14-7-11-20(12-8-14)17(21)18(22)9-2-3-10-18/h4-6,13-14,19,22H,2-3,7-12H2,1H3. The Labute approximate surface area is 137 Å². The molecule has 1 aliphatic carbocycles. The Balaban J connectivity index is 1.53. The molecule has 1 saturated carbocycles. The third-order valence-corrected chi connectivity index (χ3v) is 5.05. The number of anilines is 1. The Morgan fingerprint density at radius 2 is 2.00 bits per heavy atom. The monoisotopic (exact) mass is 318 g/mol. The molecule has 1 heterocycles. The van der Waals surface area contributed by atoms with Crippen molar-refractivity contribution >= 4 is 11.6 Å². The van der Waals surface area contributed by atoms with Crippen LogP contribution >= 0.6 is 0 Å². The average molecular weight is 318 g/mol. The Morgan fingerprint density at radius 1 is 1.30 bits per heavy atom. The molecule has 0 unspecified atom stereocenters. The van der Waals surface area contributed by atoms with E-state index in [2.05, 4.69) is 5.32 Å². The van der Waals surface area contributed by atoms with Crippen molar-refractivity contribution in [3.8, 4) is 5.75 Å². The van der Waals surface area contributed by atoms with E-state index in [9.17, 15) is 9.90 Å². The predicted molar refractivity (Wildman–Crippen MR) is 89.6 cm³/mol. The van der Waals surface area contributed by atoms with Gasteiger partial charge in [-0.15, -0.1) is 0 Å². The van der Waals surface area contributed by atoms with Crippen molar-refractivity contribution < 1.29 is 14.6 Å². The van der Waals surface area contributed by atoms with E-state index < -0.39 is 5.60 Å². The molecular formula is C18H26N2O3. The quantitative estimate of drug-likeness (QED) is 0.895. The Hall–Kier alpha value is -1.75. The zero-order valence-electron chi connectivity index (χ0n) is 13.8. The van der Waals surface area contributed by atoms with Crippen LogP contribution in [0.2, 0.25) is 0 Å². The molecule has 0 bridgehead atoms. The van der Waals surface area contributed by atoms with Crippen molar-refractivity contribution in [1.82, 2.24) is 4.90 Å². The van der Waals surface area contributed by atoms with Crippen LogP contribution < -0.4 is 10.1 Å². The Morgan fingerprint density at radius 3 is 2.65 bits per heavy atom.